The van der Waals surface area contributed by atoms with Gasteiger partial charge in [-0.15, -0.1) is 0 Å². The largest absolute Gasteiger partial charge is 0.508 e. The molecule has 0 amide bonds. The maximum Gasteiger partial charge on any atom is 0.185 e. The number of rotatable bonds is 7. The summed E-state index contributed by atoms with van der Waals surface area (Å²) in [6.45, 7) is 1.62. The highest BCUT2D eigenvalue weighted by atomic mass is 16.3. The Morgan fingerprint density at radius 1 is 0.750 bits per heavy atom. The summed E-state index contributed by atoms with van der Waals surface area (Å²) < 4.78 is 0. The third-order valence-corrected chi connectivity index (χ3v) is 4.43. The van der Waals surface area contributed by atoms with E-state index in [0.29, 0.717) is 5.57 Å². The van der Waals surface area contributed by atoms with Gasteiger partial charge in [0.1, 0.15) is 5.76 Å². The molecule has 0 fully saturated rings. The highest BCUT2D eigenvalue weighted by Gasteiger charge is 2.05. The van der Waals surface area contributed by atoms with Gasteiger partial charge in [-0.05, 0) is 54.5 Å². The predicted molar refractivity (Wildman–Crippen MR) is 120 cm³/mol. The Hall–Kier alpha value is -3.27. The second kappa shape index (κ2) is 9.60. The highest BCUT2D eigenvalue weighted by Crippen LogP contribution is 2.16. The molecular formula is C24H28N2O2. The molecule has 0 unspecified atom stereocenters. The van der Waals surface area contributed by atoms with Crippen molar-refractivity contribution in [1.29, 1.82) is 0 Å². The van der Waals surface area contributed by atoms with Crippen molar-refractivity contribution in [2.45, 2.75) is 6.92 Å². The Bertz CT molecular complexity index is 887. The molecule has 0 bridgehead atoms. The quantitative estimate of drug-likeness (QED) is 0.422. The van der Waals surface area contributed by atoms with E-state index in [1.54, 1.807) is 25.2 Å². The molecule has 0 saturated carbocycles. The first-order valence-electron chi connectivity index (χ1n) is 9.13. The first-order chi connectivity index (χ1) is 13.3. The van der Waals surface area contributed by atoms with E-state index in [2.05, 4.69) is 0 Å². The van der Waals surface area contributed by atoms with Crippen molar-refractivity contribution in [2.24, 2.45) is 0 Å². The summed E-state index contributed by atoms with van der Waals surface area (Å²) in [4.78, 5) is 16.4. The van der Waals surface area contributed by atoms with Gasteiger partial charge in [0.05, 0.1) is 0 Å². The molecule has 0 atom stereocenters. The molecule has 2 rings (SSSR count). The van der Waals surface area contributed by atoms with Crippen molar-refractivity contribution in [1.82, 2.24) is 0 Å². The average Bonchev–Trinajstić information content (AvgIpc) is 2.70. The van der Waals surface area contributed by atoms with Crippen molar-refractivity contribution in [3.05, 3.63) is 83.1 Å². The summed E-state index contributed by atoms with van der Waals surface area (Å²) in [6, 6.07) is 15.8. The number of carbonyl (C=O) groups is 1. The van der Waals surface area contributed by atoms with E-state index < -0.39 is 0 Å². The van der Waals surface area contributed by atoms with Gasteiger partial charge in [0, 0.05) is 45.1 Å². The maximum atomic E-state index is 12.3. The highest BCUT2D eigenvalue weighted by molar-refractivity contribution is 6.06. The zero-order valence-corrected chi connectivity index (χ0v) is 17.2. The topological polar surface area (TPSA) is 43.8 Å². The minimum absolute atomic E-state index is 0.0331. The Kier molecular flexibility index (Phi) is 7.21. The predicted octanol–water partition coefficient (Wildman–Crippen LogP) is 4.95. The van der Waals surface area contributed by atoms with Crippen LogP contribution < -0.4 is 9.80 Å². The van der Waals surface area contributed by atoms with E-state index >= 15 is 0 Å². The molecule has 28 heavy (non-hydrogen) atoms. The lowest BCUT2D eigenvalue weighted by Gasteiger charge is -2.11. The molecule has 0 spiro atoms. The van der Waals surface area contributed by atoms with Crippen molar-refractivity contribution in [2.75, 3.05) is 38.0 Å². The van der Waals surface area contributed by atoms with Gasteiger partial charge >= 0.3 is 0 Å². The van der Waals surface area contributed by atoms with Crippen molar-refractivity contribution in [3.63, 3.8) is 0 Å². The molecule has 0 aliphatic heterocycles. The smallest absolute Gasteiger partial charge is 0.185 e. The van der Waals surface area contributed by atoms with Crippen LogP contribution in [0.15, 0.2) is 72.0 Å². The number of allylic oxidation sites excluding steroid dienone is 3. The van der Waals surface area contributed by atoms with E-state index in [-0.39, 0.29) is 11.5 Å². The Balaban J connectivity index is 2.05. The monoisotopic (exact) mass is 376 g/mol. The number of hydrogen-bond acceptors (Lipinski definition) is 4. The molecule has 146 valence electrons. The third kappa shape index (κ3) is 5.88. The normalized spacial score (nSPS) is 12.3. The summed E-state index contributed by atoms with van der Waals surface area (Å²) in [5.74, 6) is -0.254. The fourth-order valence-electron chi connectivity index (χ4n) is 2.49. The van der Waals surface area contributed by atoms with Crippen LogP contribution >= 0.6 is 0 Å². The molecular weight excluding hydrogens is 348 g/mol. The van der Waals surface area contributed by atoms with Crippen molar-refractivity contribution >= 4 is 29.3 Å². The van der Waals surface area contributed by atoms with Crippen LogP contribution in [-0.2, 0) is 4.79 Å². The average molecular weight is 377 g/mol. The fourth-order valence-corrected chi connectivity index (χ4v) is 2.49. The number of ketones is 1. The summed E-state index contributed by atoms with van der Waals surface area (Å²) in [6.07, 6.45) is 6.57. The van der Waals surface area contributed by atoms with Gasteiger partial charge in [-0.1, -0.05) is 36.4 Å². The first kappa shape index (κ1) is 21.0. The summed E-state index contributed by atoms with van der Waals surface area (Å²) in [5, 5.41) is 10.2. The minimum atomic E-state index is -0.221. The maximum absolute atomic E-state index is 12.3. The minimum Gasteiger partial charge on any atom is -0.508 e. The third-order valence-electron chi connectivity index (χ3n) is 4.43. The van der Waals surface area contributed by atoms with Gasteiger partial charge in [0.15, 0.2) is 5.78 Å². The lowest BCUT2D eigenvalue weighted by Crippen LogP contribution is -2.07. The van der Waals surface area contributed by atoms with Crippen LogP contribution in [0, 0.1) is 0 Å². The molecule has 4 heteroatoms. The number of hydrogen-bond donors (Lipinski definition) is 1. The van der Waals surface area contributed by atoms with Crippen LogP contribution in [0.1, 0.15) is 18.1 Å². The number of nitrogens with zero attached hydrogens (tertiary/aromatic N) is 2. The van der Waals surface area contributed by atoms with E-state index in [9.17, 15) is 9.90 Å². The lowest BCUT2D eigenvalue weighted by atomic mass is 10.1. The second-order valence-corrected chi connectivity index (χ2v) is 7.01. The molecule has 2 aromatic carbocycles. The standard InChI is InChI=1S/C24H28N2O2/c1-18(23(27)16-10-19-6-12-21(13-7-19)25(2)3)24(28)17-11-20-8-14-22(15-9-20)26(4)5/h6-17,27H,1-5H3/b16-10+,17-11+,23-18-. The Morgan fingerprint density at radius 3 is 1.54 bits per heavy atom. The first-order valence-corrected chi connectivity index (χ1v) is 9.13. The van der Waals surface area contributed by atoms with Crippen LogP contribution in [0.25, 0.3) is 12.2 Å². The SMILES string of the molecule is C/C(C(=O)/C=C/c1ccc(N(C)C)cc1)=C(O)\C=C\c1ccc(N(C)C)cc1. The molecule has 1 N–H and O–H groups in total. The molecule has 4 nitrogen and oxygen atoms in total. The molecule has 0 radical (unpaired) electrons. The summed E-state index contributed by atoms with van der Waals surface area (Å²) in [5.41, 5.74) is 4.40. The summed E-state index contributed by atoms with van der Waals surface area (Å²) in [7, 11) is 7.93. The summed E-state index contributed by atoms with van der Waals surface area (Å²) >= 11 is 0. The second-order valence-electron chi connectivity index (χ2n) is 7.01. The van der Waals surface area contributed by atoms with Gasteiger partial charge in [-0.2, -0.15) is 0 Å². The number of benzene rings is 2. The van der Waals surface area contributed by atoms with Crippen LogP contribution in [0.3, 0.4) is 0 Å². The Morgan fingerprint density at radius 2 is 1.14 bits per heavy atom. The van der Waals surface area contributed by atoms with Crippen LogP contribution in [0.5, 0.6) is 0 Å². The molecule has 0 heterocycles. The van der Waals surface area contributed by atoms with Gasteiger partial charge in [0.2, 0.25) is 0 Å². The van der Waals surface area contributed by atoms with E-state index in [1.165, 1.54) is 6.08 Å². The van der Waals surface area contributed by atoms with Gasteiger partial charge < -0.3 is 14.9 Å². The molecule has 0 aliphatic carbocycles. The fraction of sp³-hybridized carbons (Fsp3) is 0.208. The van der Waals surface area contributed by atoms with E-state index in [1.807, 2.05) is 86.5 Å². The van der Waals surface area contributed by atoms with Crippen molar-refractivity contribution < 1.29 is 9.90 Å². The van der Waals surface area contributed by atoms with Crippen LogP contribution in [0.2, 0.25) is 0 Å². The zero-order valence-electron chi connectivity index (χ0n) is 17.2. The van der Waals surface area contributed by atoms with Gasteiger partial charge in [-0.25, -0.2) is 0 Å². The number of aliphatic hydroxyl groups excluding tert-OH is 1. The molecule has 0 saturated heterocycles. The molecule has 0 aliphatic rings. The number of aliphatic hydroxyl groups is 1. The van der Waals surface area contributed by atoms with Crippen LogP contribution in [0.4, 0.5) is 11.4 Å². The van der Waals surface area contributed by atoms with Crippen molar-refractivity contribution in [3.8, 4) is 0 Å². The van der Waals surface area contributed by atoms with E-state index in [0.717, 1.165) is 22.5 Å². The number of carbonyl (C=O) groups excluding carboxylic acids is 1. The zero-order chi connectivity index (χ0) is 20.7. The van der Waals surface area contributed by atoms with E-state index in [4.69, 9.17) is 0 Å². The molecule has 2 aromatic rings. The Labute approximate surface area is 167 Å². The van der Waals surface area contributed by atoms with Gasteiger partial charge in [0.25, 0.3) is 0 Å². The van der Waals surface area contributed by atoms with Crippen LogP contribution in [-0.4, -0.2) is 39.1 Å². The molecule has 0 aromatic heterocycles. The number of anilines is 2. The lowest BCUT2D eigenvalue weighted by molar-refractivity contribution is -0.111. The van der Waals surface area contributed by atoms with Gasteiger partial charge in [-0.3, -0.25) is 4.79 Å².